The van der Waals surface area contributed by atoms with Gasteiger partial charge in [-0.05, 0) is 50.8 Å². The topological polar surface area (TPSA) is 41.5 Å². The maximum Gasteiger partial charge on any atom is 0.120 e. The zero-order chi connectivity index (χ0) is 13.1. The Kier molecular flexibility index (Phi) is 4.12. The van der Waals surface area contributed by atoms with Crippen molar-refractivity contribution in [2.75, 3.05) is 7.11 Å². The number of hydrogen-bond donors (Lipinski definition) is 2. The maximum atomic E-state index is 9.93. The van der Waals surface area contributed by atoms with E-state index in [0.29, 0.717) is 11.8 Å². The van der Waals surface area contributed by atoms with E-state index >= 15 is 0 Å². The van der Waals surface area contributed by atoms with Crippen molar-refractivity contribution in [2.24, 2.45) is 5.92 Å². The van der Waals surface area contributed by atoms with Crippen molar-refractivity contribution in [1.82, 2.24) is 5.32 Å². The number of aromatic hydroxyl groups is 1. The van der Waals surface area contributed by atoms with Gasteiger partial charge in [0.15, 0.2) is 0 Å². The molecule has 0 saturated heterocycles. The van der Waals surface area contributed by atoms with Crippen LogP contribution in [0.5, 0.6) is 11.5 Å². The third kappa shape index (κ3) is 2.78. The van der Waals surface area contributed by atoms with Crippen LogP contribution in [-0.4, -0.2) is 18.3 Å². The Labute approximate surface area is 109 Å². The summed E-state index contributed by atoms with van der Waals surface area (Å²) in [5.41, 5.74) is 0.903. The molecule has 1 saturated carbocycles. The van der Waals surface area contributed by atoms with Crippen LogP contribution in [0.15, 0.2) is 18.2 Å². The summed E-state index contributed by atoms with van der Waals surface area (Å²) in [6.45, 7) is 4.32. The molecule has 0 bridgehead atoms. The number of benzene rings is 1. The summed E-state index contributed by atoms with van der Waals surface area (Å²) in [7, 11) is 1.64. The van der Waals surface area contributed by atoms with Crippen LogP contribution in [0.25, 0.3) is 0 Å². The Morgan fingerprint density at radius 2 is 2.06 bits per heavy atom. The first-order valence-electron chi connectivity index (χ1n) is 6.74. The molecule has 1 fully saturated rings. The van der Waals surface area contributed by atoms with Gasteiger partial charge in [0.1, 0.15) is 11.5 Å². The van der Waals surface area contributed by atoms with E-state index in [4.69, 9.17) is 4.74 Å². The highest BCUT2D eigenvalue weighted by Gasteiger charge is 2.25. The van der Waals surface area contributed by atoms with E-state index < -0.39 is 0 Å². The smallest absolute Gasteiger partial charge is 0.120 e. The first kappa shape index (κ1) is 13.2. The van der Waals surface area contributed by atoms with Crippen LogP contribution >= 0.6 is 0 Å². The molecule has 100 valence electrons. The SMILES string of the molecule is COc1ccc(O)c(C(C)NC(C)C2CCC2)c1. The fourth-order valence-corrected chi connectivity index (χ4v) is 2.57. The van der Waals surface area contributed by atoms with E-state index in [1.165, 1.54) is 19.3 Å². The van der Waals surface area contributed by atoms with E-state index in [2.05, 4.69) is 19.2 Å². The molecule has 2 unspecified atom stereocenters. The average Bonchev–Trinajstić information content (AvgIpc) is 2.27. The summed E-state index contributed by atoms with van der Waals surface area (Å²) in [4.78, 5) is 0. The molecule has 2 rings (SSSR count). The molecule has 0 heterocycles. The van der Waals surface area contributed by atoms with E-state index in [1.54, 1.807) is 19.2 Å². The molecule has 1 aliphatic rings. The second-order valence-corrected chi connectivity index (χ2v) is 5.29. The minimum Gasteiger partial charge on any atom is -0.508 e. The maximum absolute atomic E-state index is 9.93. The second kappa shape index (κ2) is 5.61. The fourth-order valence-electron chi connectivity index (χ4n) is 2.57. The molecule has 1 aliphatic carbocycles. The second-order valence-electron chi connectivity index (χ2n) is 5.29. The number of phenolic OH excluding ortho intramolecular Hbond substituents is 1. The van der Waals surface area contributed by atoms with Crippen LogP contribution in [0.4, 0.5) is 0 Å². The summed E-state index contributed by atoms with van der Waals surface area (Å²) >= 11 is 0. The number of methoxy groups -OCH3 is 1. The van der Waals surface area contributed by atoms with E-state index in [9.17, 15) is 5.11 Å². The molecule has 18 heavy (non-hydrogen) atoms. The lowest BCUT2D eigenvalue weighted by atomic mass is 9.80. The first-order valence-corrected chi connectivity index (χ1v) is 6.74. The zero-order valence-electron chi connectivity index (χ0n) is 11.4. The molecule has 0 radical (unpaired) electrons. The lowest BCUT2D eigenvalue weighted by molar-refractivity contribution is 0.229. The van der Waals surface area contributed by atoms with Gasteiger partial charge in [0.2, 0.25) is 0 Å². The number of hydrogen-bond acceptors (Lipinski definition) is 3. The van der Waals surface area contributed by atoms with Gasteiger partial charge in [-0.25, -0.2) is 0 Å². The standard InChI is InChI=1S/C15H23NO2/c1-10(12-5-4-6-12)16-11(2)14-9-13(18-3)7-8-15(14)17/h7-12,16-17H,4-6H2,1-3H3. The van der Waals surface area contributed by atoms with Crippen molar-refractivity contribution in [3.8, 4) is 11.5 Å². The van der Waals surface area contributed by atoms with Gasteiger partial charge >= 0.3 is 0 Å². The summed E-state index contributed by atoms with van der Waals surface area (Å²) < 4.78 is 5.21. The monoisotopic (exact) mass is 249 g/mol. The Morgan fingerprint density at radius 3 is 2.61 bits per heavy atom. The summed E-state index contributed by atoms with van der Waals surface area (Å²) in [5, 5.41) is 13.5. The van der Waals surface area contributed by atoms with Crippen LogP contribution in [0.1, 0.15) is 44.7 Å². The minimum atomic E-state index is 0.135. The van der Waals surface area contributed by atoms with Crippen molar-refractivity contribution in [3.63, 3.8) is 0 Å². The predicted molar refractivity (Wildman–Crippen MR) is 73.0 cm³/mol. The highest BCUT2D eigenvalue weighted by Crippen LogP contribution is 2.32. The Bertz CT molecular complexity index is 401. The third-order valence-electron chi connectivity index (χ3n) is 4.07. The Balaban J connectivity index is 2.04. The number of ether oxygens (including phenoxy) is 1. The van der Waals surface area contributed by atoms with Gasteiger partial charge < -0.3 is 15.2 Å². The number of rotatable bonds is 5. The first-order chi connectivity index (χ1) is 8.61. The lowest BCUT2D eigenvalue weighted by Gasteiger charge is -2.34. The molecular weight excluding hydrogens is 226 g/mol. The fraction of sp³-hybridized carbons (Fsp3) is 0.600. The normalized spacial score (nSPS) is 19.1. The average molecular weight is 249 g/mol. The van der Waals surface area contributed by atoms with E-state index in [1.807, 2.05) is 6.07 Å². The quantitative estimate of drug-likeness (QED) is 0.841. The molecule has 1 aromatic rings. The largest absolute Gasteiger partial charge is 0.508 e. The summed E-state index contributed by atoms with van der Waals surface area (Å²) in [6.07, 6.45) is 4.01. The van der Waals surface area contributed by atoms with E-state index in [-0.39, 0.29) is 6.04 Å². The molecule has 0 amide bonds. The summed E-state index contributed by atoms with van der Waals surface area (Å²) in [5.74, 6) is 1.91. The highest BCUT2D eigenvalue weighted by molar-refractivity contribution is 5.41. The molecule has 0 aromatic heterocycles. The van der Waals surface area contributed by atoms with Gasteiger partial charge in [0, 0.05) is 17.6 Å². The van der Waals surface area contributed by atoms with Gasteiger partial charge in [-0.3, -0.25) is 0 Å². The van der Waals surface area contributed by atoms with Gasteiger partial charge in [-0.1, -0.05) is 6.42 Å². The van der Waals surface area contributed by atoms with Crippen LogP contribution in [0.3, 0.4) is 0 Å². The van der Waals surface area contributed by atoms with Gasteiger partial charge in [0.25, 0.3) is 0 Å². The van der Waals surface area contributed by atoms with Crippen molar-refractivity contribution < 1.29 is 9.84 Å². The van der Waals surface area contributed by atoms with Crippen molar-refractivity contribution in [3.05, 3.63) is 23.8 Å². The lowest BCUT2D eigenvalue weighted by Crippen LogP contribution is -2.38. The number of nitrogens with one attached hydrogen (secondary N) is 1. The molecule has 3 heteroatoms. The van der Waals surface area contributed by atoms with Crippen molar-refractivity contribution in [2.45, 2.75) is 45.2 Å². The third-order valence-corrected chi connectivity index (χ3v) is 4.07. The van der Waals surface area contributed by atoms with Gasteiger partial charge in [-0.15, -0.1) is 0 Å². The minimum absolute atomic E-state index is 0.135. The molecule has 1 aromatic carbocycles. The molecule has 0 spiro atoms. The zero-order valence-corrected chi connectivity index (χ0v) is 11.4. The van der Waals surface area contributed by atoms with Gasteiger partial charge in [0.05, 0.1) is 7.11 Å². The molecule has 2 N–H and O–H groups in total. The molecular formula is C15H23NO2. The summed E-state index contributed by atoms with van der Waals surface area (Å²) in [6, 6.07) is 6.01. The number of phenols is 1. The van der Waals surface area contributed by atoms with E-state index in [0.717, 1.165) is 17.2 Å². The van der Waals surface area contributed by atoms with Crippen molar-refractivity contribution in [1.29, 1.82) is 0 Å². The molecule has 3 nitrogen and oxygen atoms in total. The Morgan fingerprint density at radius 1 is 1.33 bits per heavy atom. The van der Waals surface area contributed by atoms with Crippen LogP contribution < -0.4 is 10.1 Å². The molecule has 0 aliphatic heterocycles. The highest BCUT2D eigenvalue weighted by atomic mass is 16.5. The van der Waals surface area contributed by atoms with Crippen molar-refractivity contribution >= 4 is 0 Å². The Hall–Kier alpha value is -1.22. The van der Waals surface area contributed by atoms with Crippen LogP contribution in [0.2, 0.25) is 0 Å². The molecule has 2 atom stereocenters. The van der Waals surface area contributed by atoms with Crippen LogP contribution in [0, 0.1) is 5.92 Å². The predicted octanol–water partition coefficient (Wildman–Crippen LogP) is 3.24. The van der Waals surface area contributed by atoms with Crippen LogP contribution in [-0.2, 0) is 0 Å². The van der Waals surface area contributed by atoms with Gasteiger partial charge in [-0.2, -0.15) is 0 Å².